The average Bonchev–Trinajstić information content (AvgIpc) is 2.81. The lowest BCUT2D eigenvalue weighted by molar-refractivity contribution is -0.132. The summed E-state index contributed by atoms with van der Waals surface area (Å²) in [5.74, 6) is -0.998. The Balaban J connectivity index is 2.05. The SMILES string of the molecule is O=C(O)C1=CCC(=O)n2nc(-c3ccccc3)nc2N1. The molecule has 2 N–H and O–H groups in total. The molecule has 2 aromatic rings. The molecule has 1 aliphatic rings. The number of carbonyl (C=O) groups excluding carboxylic acids is 1. The maximum Gasteiger partial charge on any atom is 0.352 e. The molecular formula is C13H10N4O3. The zero-order valence-electron chi connectivity index (χ0n) is 10.3. The Bertz CT molecular complexity index is 718. The third kappa shape index (κ3) is 2.05. The molecule has 0 amide bonds. The summed E-state index contributed by atoms with van der Waals surface area (Å²) in [6, 6.07) is 9.15. The molecule has 0 spiro atoms. The van der Waals surface area contributed by atoms with E-state index in [4.69, 9.17) is 5.11 Å². The number of anilines is 1. The van der Waals surface area contributed by atoms with E-state index in [0.717, 1.165) is 10.2 Å². The fraction of sp³-hybridized carbons (Fsp3) is 0.0769. The van der Waals surface area contributed by atoms with E-state index in [1.165, 1.54) is 6.08 Å². The zero-order chi connectivity index (χ0) is 14.1. The van der Waals surface area contributed by atoms with Crippen molar-refractivity contribution in [2.45, 2.75) is 6.42 Å². The quantitative estimate of drug-likeness (QED) is 0.855. The number of rotatable bonds is 2. The van der Waals surface area contributed by atoms with Gasteiger partial charge in [0.2, 0.25) is 5.95 Å². The summed E-state index contributed by atoms with van der Waals surface area (Å²) >= 11 is 0. The van der Waals surface area contributed by atoms with Gasteiger partial charge in [-0.25, -0.2) is 4.79 Å². The fourth-order valence-electron chi connectivity index (χ4n) is 1.86. The van der Waals surface area contributed by atoms with Crippen LogP contribution in [0.4, 0.5) is 5.95 Å². The summed E-state index contributed by atoms with van der Waals surface area (Å²) in [7, 11) is 0. The van der Waals surface area contributed by atoms with Crippen LogP contribution >= 0.6 is 0 Å². The highest BCUT2D eigenvalue weighted by atomic mass is 16.4. The molecule has 0 saturated heterocycles. The topological polar surface area (TPSA) is 97.1 Å². The molecule has 0 radical (unpaired) electrons. The van der Waals surface area contributed by atoms with Gasteiger partial charge in [-0.05, 0) is 6.08 Å². The Labute approximate surface area is 113 Å². The molecule has 0 saturated carbocycles. The Morgan fingerprint density at radius 2 is 2.05 bits per heavy atom. The Kier molecular flexibility index (Phi) is 2.79. The average molecular weight is 270 g/mol. The van der Waals surface area contributed by atoms with Crippen molar-refractivity contribution < 1.29 is 14.7 Å². The molecule has 7 heteroatoms. The molecule has 0 atom stereocenters. The number of benzene rings is 1. The van der Waals surface area contributed by atoms with Crippen LogP contribution in [0, 0.1) is 0 Å². The molecule has 1 aromatic heterocycles. The van der Waals surface area contributed by atoms with E-state index in [1.54, 1.807) is 0 Å². The van der Waals surface area contributed by atoms with Crippen LogP contribution in [0.3, 0.4) is 0 Å². The maximum absolute atomic E-state index is 11.9. The largest absolute Gasteiger partial charge is 0.477 e. The monoisotopic (exact) mass is 270 g/mol. The number of hydrogen-bond acceptors (Lipinski definition) is 5. The van der Waals surface area contributed by atoms with Crippen LogP contribution in [0.5, 0.6) is 0 Å². The summed E-state index contributed by atoms with van der Waals surface area (Å²) in [5.41, 5.74) is 0.674. The van der Waals surface area contributed by atoms with Gasteiger partial charge in [-0.3, -0.25) is 4.79 Å². The predicted molar refractivity (Wildman–Crippen MR) is 70.0 cm³/mol. The van der Waals surface area contributed by atoms with Crippen molar-refractivity contribution >= 4 is 17.8 Å². The number of allylic oxidation sites excluding steroid dienone is 1. The van der Waals surface area contributed by atoms with E-state index in [1.807, 2.05) is 30.3 Å². The molecule has 0 fully saturated rings. The number of fused-ring (bicyclic) bond motifs is 1. The number of nitrogens with zero attached hydrogens (tertiary/aromatic N) is 3. The van der Waals surface area contributed by atoms with E-state index in [2.05, 4.69) is 15.4 Å². The van der Waals surface area contributed by atoms with E-state index < -0.39 is 5.97 Å². The van der Waals surface area contributed by atoms with Crippen LogP contribution in [-0.4, -0.2) is 31.7 Å². The maximum atomic E-state index is 11.9. The summed E-state index contributed by atoms with van der Waals surface area (Å²) in [4.78, 5) is 27.1. The lowest BCUT2D eigenvalue weighted by atomic mass is 10.2. The molecule has 0 aliphatic carbocycles. The first kappa shape index (κ1) is 12.1. The predicted octanol–water partition coefficient (Wildman–Crippen LogP) is 1.37. The third-order valence-electron chi connectivity index (χ3n) is 2.83. The third-order valence-corrected chi connectivity index (χ3v) is 2.83. The Hall–Kier alpha value is -2.96. The number of carboxylic acid groups (broad SMARTS) is 1. The van der Waals surface area contributed by atoms with Crippen LogP contribution in [0.15, 0.2) is 42.1 Å². The Morgan fingerprint density at radius 3 is 2.75 bits per heavy atom. The minimum Gasteiger partial charge on any atom is -0.477 e. The van der Waals surface area contributed by atoms with Gasteiger partial charge in [0.15, 0.2) is 5.82 Å². The van der Waals surface area contributed by atoms with Crippen molar-refractivity contribution in [1.29, 1.82) is 0 Å². The van der Waals surface area contributed by atoms with Gasteiger partial charge in [0.1, 0.15) is 5.70 Å². The van der Waals surface area contributed by atoms with E-state index in [9.17, 15) is 9.59 Å². The number of carboxylic acids is 1. The lowest BCUT2D eigenvalue weighted by Crippen LogP contribution is -2.14. The summed E-state index contributed by atoms with van der Waals surface area (Å²) in [6.45, 7) is 0. The number of hydrogen-bond donors (Lipinski definition) is 2. The van der Waals surface area contributed by atoms with Gasteiger partial charge in [0.25, 0.3) is 5.91 Å². The van der Waals surface area contributed by atoms with Crippen molar-refractivity contribution in [2.24, 2.45) is 0 Å². The second-order valence-electron chi connectivity index (χ2n) is 4.18. The van der Waals surface area contributed by atoms with Gasteiger partial charge in [0.05, 0.1) is 0 Å². The van der Waals surface area contributed by atoms with Gasteiger partial charge in [-0.2, -0.15) is 9.67 Å². The van der Waals surface area contributed by atoms with Crippen molar-refractivity contribution in [1.82, 2.24) is 14.8 Å². The summed E-state index contributed by atoms with van der Waals surface area (Å²) in [6.07, 6.45) is 1.27. The number of aliphatic carboxylic acids is 1. The highest BCUT2D eigenvalue weighted by molar-refractivity contribution is 5.94. The zero-order valence-corrected chi connectivity index (χ0v) is 10.3. The minimum atomic E-state index is -1.14. The minimum absolute atomic E-state index is 0.0424. The number of carbonyl (C=O) groups is 2. The lowest BCUT2D eigenvalue weighted by Gasteiger charge is -2.01. The van der Waals surface area contributed by atoms with E-state index in [0.29, 0.717) is 5.82 Å². The molecule has 0 bridgehead atoms. The van der Waals surface area contributed by atoms with Crippen LogP contribution in [0.1, 0.15) is 11.2 Å². The molecule has 7 nitrogen and oxygen atoms in total. The van der Waals surface area contributed by atoms with Crippen molar-refractivity contribution in [2.75, 3.05) is 5.32 Å². The molecule has 1 aromatic carbocycles. The first-order valence-corrected chi connectivity index (χ1v) is 5.91. The molecule has 100 valence electrons. The fourth-order valence-corrected chi connectivity index (χ4v) is 1.86. The van der Waals surface area contributed by atoms with Crippen molar-refractivity contribution in [3.05, 3.63) is 42.1 Å². The molecule has 0 unspecified atom stereocenters. The van der Waals surface area contributed by atoms with Gasteiger partial charge in [-0.1, -0.05) is 30.3 Å². The van der Waals surface area contributed by atoms with Gasteiger partial charge in [-0.15, -0.1) is 5.10 Å². The highest BCUT2D eigenvalue weighted by Crippen LogP contribution is 2.20. The normalized spacial score (nSPS) is 14.0. The first-order valence-electron chi connectivity index (χ1n) is 5.91. The molecule has 1 aliphatic heterocycles. The Morgan fingerprint density at radius 1 is 1.30 bits per heavy atom. The van der Waals surface area contributed by atoms with Crippen LogP contribution < -0.4 is 5.32 Å². The van der Waals surface area contributed by atoms with Crippen LogP contribution in [-0.2, 0) is 4.79 Å². The first-order chi connectivity index (χ1) is 9.65. The van der Waals surface area contributed by atoms with Crippen molar-refractivity contribution in [3.8, 4) is 11.4 Å². The number of aromatic nitrogens is 3. The summed E-state index contributed by atoms with van der Waals surface area (Å²) < 4.78 is 1.09. The molecule has 3 rings (SSSR count). The molecular weight excluding hydrogens is 260 g/mol. The van der Waals surface area contributed by atoms with E-state index >= 15 is 0 Å². The standard InChI is InChI=1S/C13H10N4O3/c18-10-7-6-9(12(19)20)14-13-15-11(16-17(10)13)8-4-2-1-3-5-8/h1-6H,7H2,(H,19,20)(H,14,15,16). The van der Waals surface area contributed by atoms with Crippen LogP contribution in [0.25, 0.3) is 11.4 Å². The smallest absolute Gasteiger partial charge is 0.352 e. The molecule has 2 heterocycles. The van der Waals surface area contributed by atoms with Crippen LogP contribution in [0.2, 0.25) is 0 Å². The summed E-state index contributed by atoms with van der Waals surface area (Å²) in [5, 5.41) is 15.7. The van der Waals surface area contributed by atoms with Gasteiger partial charge in [0, 0.05) is 12.0 Å². The highest BCUT2D eigenvalue weighted by Gasteiger charge is 2.22. The second-order valence-corrected chi connectivity index (χ2v) is 4.18. The van der Waals surface area contributed by atoms with Gasteiger partial charge >= 0.3 is 5.97 Å². The molecule has 20 heavy (non-hydrogen) atoms. The number of nitrogens with one attached hydrogen (secondary N) is 1. The van der Waals surface area contributed by atoms with Crippen molar-refractivity contribution in [3.63, 3.8) is 0 Å². The van der Waals surface area contributed by atoms with E-state index in [-0.39, 0.29) is 24.0 Å². The second kappa shape index (κ2) is 4.61. The van der Waals surface area contributed by atoms with Gasteiger partial charge < -0.3 is 10.4 Å².